The van der Waals surface area contributed by atoms with E-state index in [0.29, 0.717) is 17.5 Å². The summed E-state index contributed by atoms with van der Waals surface area (Å²) in [7, 11) is 3.33. The standard InChI is InChI=1S/C13H16ClN3O2/c1-8-10(13(14)17(2)16-8)6-11(18)9-4-5-12(19-3)15-7-9/h4-5,7,11,18H,6H2,1-3H3. The molecule has 0 bridgehead atoms. The number of nitrogens with zero attached hydrogens (tertiary/aromatic N) is 3. The van der Waals surface area contributed by atoms with Gasteiger partial charge in [-0.3, -0.25) is 4.68 Å². The molecule has 2 aromatic rings. The summed E-state index contributed by atoms with van der Waals surface area (Å²) in [6.07, 6.45) is 1.34. The Labute approximate surface area is 116 Å². The maximum atomic E-state index is 10.2. The van der Waals surface area contributed by atoms with E-state index in [4.69, 9.17) is 16.3 Å². The number of pyridine rings is 1. The smallest absolute Gasteiger partial charge is 0.212 e. The van der Waals surface area contributed by atoms with Gasteiger partial charge in [0.25, 0.3) is 0 Å². The quantitative estimate of drug-likeness (QED) is 0.932. The van der Waals surface area contributed by atoms with Gasteiger partial charge in [0.1, 0.15) is 5.15 Å². The van der Waals surface area contributed by atoms with Crippen LogP contribution in [0, 0.1) is 6.92 Å². The molecule has 6 heteroatoms. The van der Waals surface area contributed by atoms with E-state index in [1.807, 2.05) is 6.92 Å². The Balaban J connectivity index is 2.17. The van der Waals surface area contributed by atoms with Crippen molar-refractivity contribution in [1.82, 2.24) is 14.8 Å². The molecular weight excluding hydrogens is 266 g/mol. The Morgan fingerprint density at radius 3 is 2.68 bits per heavy atom. The summed E-state index contributed by atoms with van der Waals surface area (Å²) in [6, 6.07) is 3.51. The third-order valence-corrected chi connectivity index (χ3v) is 3.49. The van der Waals surface area contributed by atoms with E-state index in [1.54, 1.807) is 37.2 Å². The van der Waals surface area contributed by atoms with Crippen molar-refractivity contribution in [1.29, 1.82) is 0 Å². The topological polar surface area (TPSA) is 60.2 Å². The van der Waals surface area contributed by atoms with Crippen LogP contribution in [-0.2, 0) is 13.5 Å². The Kier molecular flexibility index (Phi) is 4.07. The zero-order valence-electron chi connectivity index (χ0n) is 11.1. The van der Waals surface area contributed by atoms with Gasteiger partial charge in [-0.2, -0.15) is 5.10 Å². The molecule has 0 aliphatic heterocycles. The number of halogens is 1. The Bertz CT molecular complexity index is 566. The first-order valence-corrected chi connectivity index (χ1v) is 6.26. The van der Waals surface area contributed by atoms with Gasteiger partial charge >= 0.3 is 0 Å². The summed E-state index contributed by atoms with van der Waals surface area (Å²) in [5.74, 6) is 0.520. The first-order chi connectivity index (χ1) is 9.02. The van der Waals surface area contributed by atoms with Gasteiger partial charge in [0.15, 0.2) is 0 Å². The van der Waals surface area contributed by atoms with Crippen molar-refractivity contribution in [3.8, 4) is 5.88 Å². The average molecular weight is 282 g/mol. The second-order valence-corrected chi connectivity index (χ2v) is 4.69. The third-order valence-electron chi connectivity index (χ3n) is 3.02. The number of hydrogen-bond acceptors (Lipinski definition) is 4. The molecule has 5 nitrogen and oxygen atoms in total. The van der Waals surface area contributed by atoms with Crippen molar-refractivity contribution < 1.29 is 9.84 Å². The highest BCUT2D eigenvalue weighted by molar-refractivity contribution is 6.30. The molecule has 0 fully saturated rings. The van der Waals surface area contributed by atoms with Gasteiger partial charge in [0.2, 0.25) is 5.88 Å². The van der Waals surface area contributed by atoms with Crippen LogP contribution < -0.4 is 4.74 Å². The van der Waals surface area contributed by atoms with Gasteiger partial charge in [-0.05, 0) is 18.6 Å². The molecule has 0 amide bonds. The van der Waals surface area contributed by atoms with E-state index in [9.17, 15) is 5.11 Å². The minimum Gasteiger partial charge on any atom is -0.481 e. The van der Waals surface area contributed by atoms with Crippen molar-refractivity contribution in [2.45, 2.75) is 19.4 Å². The lowest BCUT2D eigenvalue weighted by Gasteiger charge is -2.11. The SMILES string of the molecule is COc1ccc(C(O)Cc2c(C)nn(C)c2Cl)cn1. The van der Waals surface area contributed by atoms with Crippen molar-refractivity contribution in [3.63, 3.8) is 0 Å². The number of aromatic nitrogens is 3. The zero-order valence-corrected chi connectivity index (χ0v) is 11.8. The lowest BCUT2D eigenvalue weighted by Crippen LogP contribution is -2.03. The van der Waals surface area contributed by atoms with Crippen LogP contribution in [0.2, 0.25) is 5.15 Å². The van der Waals surface area contributed by atoms with E-state index in [1.165, 1.54) is 0 Å². The Morgan fingerprint density at radius 1 is 1.47 bits per heavy atom. The Hall–Kier alpha value is -1.59. The number of rotatable bonds is 4. The van der Waals surface area contributed by atoms with E-state index >= 15 is 0 Å². The van der Waals surface area contributed by atoms with Gasteiger partial charge < -0.3 is 9.84 Å². The van der Waals surface area contributed by atoms with Crippen LogP contribution in [0.15, 0.2) is 18.3 Å². The number of hydrogen-bond donors (Lipinski definition) is 1. The second-order valence-electron chi connectivity index (χ2n) is 4.33. The van der Waals surface area contributed by atoms with Crippen LogP contribution in [0.3, 0.4) is 0 Å². The predicted octanol–water partition coefficient (Wildman–Crippen LogP) is 2.06. The fraction of sp³-hybridized carbons (Fsp3) is 0.385. The van der Waals surface area contributed by atoms with Gasteiger partial charge in [0.05, 0.1) is 18.9 Å². The van der Waals surface area contributed by atoms with Gasteiger partial charge in [-0.25, -0.2) is 4.98 Å². The van der Waals surface area contributed by atoms with Crippen LogP contribution in [-0.4, -0.2) is 27.0 Å². The summed E-state index contributed by atoms with van der Waals surface area (Å²) >= 11 is 6.15. The summed E-state index contributed by atoms with van der Waals surface area (Å²) in [4.78, 5) is 4.07. The van der Waals surface area contributed by atoms with Crippen molar-refractivity contribution in [3.05, 3.63) is 40.3 Å². The molecule has 102 valence electrons. The van der Waals surface area contributed by atoms with Crippen LogP contribution in [0.5, 0.6) is 5.88 Å². The van der Waals surface area contributed by atoms with Crippen molar-refractivity contribution >= 4 is 11.6 Å². The molecule has 0 radical (unpaired) electrons. The number of aliphatic hydroxyl groups excluding tert-OH is 1. The summed E-state index contributed by atoms with van der Waals surface area (Å²) in [5.41, 5.74) is 2.40. The molecule has 0 aliphatic carbocycles. The molecule has 0 spiro atoms. The molecule has 2 rings (SSSR count). The van der Waals surface area contributed by atoms with Crippen LogP contribution in [0.4, 0.5) is 0 Å². The zero-order chi connectivity index (χ0) is 14.0. The highest BCUT2D eigenvalue weighted by Gasteiger charge is 2.17. The summed E-state index contributed by atoms with van der Waals surface area (Å²) < 4.78 is 6.58. The number of aliphatic hydroxyl groups is 1. The fourth-order valence-corrected chi connectivity index (χ4v) is 2.18. The Morgan fingerprint density at radius 2 is 2.21 bits per heavy atom. The predicted molar refractivity (Wildman–Crippen MR) is 72.4 cm³/mol. The average Bonchev–Trinajstić information content (AvgIpc) is 2.65. The molecule has 2 heterocycles. The van der Waals surface area contributed by atoms with Crippen LogP contribution >= 0.6 is 11.6 Å². The minimum atomic E-state index is -0.668. The first-order valence-electron chi connectivity index (χ1n) is 5.89. The van der Waals surface area contributed by atoms with Gasteiger partial charge in [-0.15, -0.1) is 0 Å². The van der Waals surface area contributed by atoms with Gasteiger partial charge in [-0.1, -0.05) is 11.6 Å². The normalized spacial score (nSPS) is 12.5. The number of aryl methyl sites for hydroxylation is 2. The third kappa shape index (κ3) is 2.88. The highest BCUT2D eigenvalue weighted by atomic mass is 35.5. The molecule has 0 saturated carbocycles. The lowest BCUT2D eigenvalue weighted by atomic mass is 10.0. The molecule has 0 saturated heterocycles. The van der Waals surface area contributed by atoms with E-state index in [2.05, 4.69) is 10.1 Å². The maximum absolute atomic E-state index is 10.2. The molecule has 1 unspecified atom stereocenters. The van der Waals surface area contributed by atoms with Gasteiger partial charge in [0, 0.05) is 31.3 Å². The number of ether oxygens (including phenoxy) is 1. The maximum Gasteiger partial charge on any atom is 0.212 e. The van der Waals surface area contributed by atoms with Crippen LogP contribution in [0.25, 0.3) is 0 Å². The first kappa shape index (κ1) is 13.8. The molecule has 1 atom stereocenters. The molecule has 0 aliphatic rings. The van der Waals surface area contributed by atoms with E-state index in [0.717, 1.165) is 16.8 Å². The molecule has 2 aromatic heterocycles. The monoisotopic (exact) mass is 281 g/mol. The van der Waals surface area contributed by atoms with Crippen LogP contribution in [0.1, 0.15) is 22.9 Å². The second kappa shape index (κ2) is 5.59. The molecule has 1 N–H and O–H groups in total. The fourth-order valence-electron chi connectivity index (χ4n) is 1.93. The van der Waals surface area contributed by atoms with E-state index in [-0.39, 0.29) is 0 Å². The largest absolute Gasteiger partial charge is 0.481 e. The summed E-state index contributed by atoms with van der Waals surface area (Å²) in [5, 5.41) is 15.0. The van der Waals surface area contributed by atoms with E-state index < -0.39 is 6.10 Å². The summed E-state index contributed by atoms with van der Waals surface area (Å²) in [6.45, 7) is 1.88. The highest BCUT2D eigenvalue weighted by Crippen LogP contribution is 2.25. The minimum absolute atomic E-state index is 0.409. The molecule has 0 aromatic carbocycles. The van der Waals surface area contributed by atoms with Crippen molar-refractivity contribution in [2.75, 3.05) is 7.11 Å². The lowest BCUT2D eigenvalue weighted by molar-refractivity contribution is 0.177. The molecule has 19 heavy (non-hydrogen) atoms. The molecular formula is C13H16ClN3O2. The number of methoxy groups -OCH3 is 1. The van der Waals surface area contributed by atoms with Crippen molar-refractivity contribution in [2.24, 2.45) is 7.05 Å².